The van der Waals surface area contributed by atoms with Crippen LogP contribution in [0.3, 0.4) is 0 Å². The van der Waals surface area contributed by atoms with Gasteiger partial charge in [-0.15, -0.1) is 0 Å². The van der Waals surface area contributed by atoms with Crippen LogP contribution in [0, 0.1) is 0 Å². The van der Waals surface area contributed by atoms with E-state index < -0.39 is 17.8 Å². The van der Waals surface area contributed by atoms with Gasteiger partial charge < -0.3 is 5.73 Å². The smallest absolute Gasteiger partial charge is 0.321 e. The van der Waals surface area contributed by atoms with Gasteiger partial charge in [0.1, 0.15) is 5.78 Å². The van der Waals surface area contributed by atoms with Crippen molar-refractivity contribution < 1.29 is 18.0 Å². The number of ketones is 1. The van der Waals surface area contributed by atoms with Crippen molar-refractivity contribution in [3.63, 3.8) is 0 Å². The van der Waals surface area contributed by atoms with Crippen LogP contribution in [0.4, 0.5) is 13.2 Å². The lowest BCUT2D eigenvalue weighted by Gasteiger charge is -2.10. The minimum absolute atomic E-state index is 0.181. The number of Topliss-reactive ketones (excluding diaryl/α,β-unsaturated/α-hetero) is 1. The van der Waals surface area contributed by atoms with Gasteiger partial charge in [-0.25, -0.2) is 0 Å². The number of rotatable bonds is 3. The third-order valence-corrected chi connectivity index (χ3v) is 2.26. The molecule has 0 aromatic heterocycles. The number of hydrogen-bond acceptors (Lipinski definition) is 2. The predicted molar refractivity (Wildman–Crippen MR) is 53.8 cm³/mol. The fourth-order valence-corrected chi connectivity index (χ4v) is 1.23. The molecule has 1 aromatic carbocycles. The molecule has 0 bridgehead atoms. The highest BCUT2D eigenvalue weighted by Gasteiger charge is 2.29. The standard InChI is InChI=1S/C11H12F3NO/c1-7(16)10(15)6-8-2-4-9(5-3-8)11(12,13)14/h2-5,10H,6,15H2,1H3/t10-/m1/s1. The summed E-state index contributed by atoms with van der Waals surface area (Å²) in [5.74, 6) is -0.181. The summed E-state index contributed by atoms with van der Waals surface area (Å²) < 4.78 is 36.7. The summed E-state index contributed by atoms with van der Waals surface area (Å²) in [6.45, 7) is 1.36. The Morgan fingerprint density at radius 1 is 1.31 bits per heavy atom. The molecule has 16 heavy (non-hydrogen) atoms. The van der Waals surface area contributed by atoms with E-state index in [1.165, 1.54) is 19.1 Å². The molecule has 0 aliphatic rings. The number of benzene rings is 1. The molecule has 5 heteroatoms. The van der Waals surface area contributed by atoms with Crippen LogP contribution in [0.5, 0.6) is 0 Å². The third-order valence-electron chi connectivity index (χ3n) is 2.26. The maximum atomic E-state index is 12.2. The maximum Gasteiger partial charge on any atom is 0.416 e. The zero-order valence-corrected chi connectivity index (χ0v) is 8.71. The van der Waals surface area contributed by atoms with E-state index in [-0.39, 0.29) is 12.2 Å². The van der Waals surface area contributed by atoms with Crippen LogP contribution in [-0.4, -0.2) is 11.8 Å². The molecule has 0 saturated carbocycles. The highest BCUT2D eigenvalue weighted by atomic mass is 19.4. The van der Waals surface area contributed by atoms with Crippen LogP contribution < -0.4 is 5.73 Å². The summed E-state index contributed by atoms with van der Waals surface area (Å²) in [4.78, 5) is 10.9. The molecule has 0 spiro atoms. The van der Waals surface area contributed by atoms with Crippen LogP contribution in [0.15, 0.2) is 24.3 Å². The van der Waals surface area contributed by atoms with Gasteiger partial charge in [-0.1, -0.05) is 12.1 Å². The third kappa shape index (κ3) is 3.34. The van der Waals surface area contributed by atoms with Crippen molar-refractivity contribution in [2.24, 2.45) is 5.73 Å². The van der Waals surface area contributed by atoms with Crippen molar-refractivity contribution in [1.82, 2.24) is 0 Å². The minimum Gasteiger partial charge on any atom is -0.321 e. The molecule has 0 unspecified atom stereocenters. The molecule has 0 saturated heterocycles. The molecule has 1 aromatic rings. The average Bonchev–Trinajstić information content (AvgIpc) is 2.17. The molecule has 88 valence electrons. The van der Waals surface area contributed by atoms with Crippen LogP contribution >= 0.6 is 0 Å². The maximum absolute atomic E-state index is 12.2. The zero-order valence-electron chi connectivity index (χ0n) is 8.71. The Hall–Kier alpha value is -1.36. The van der Waals surface area contributed by atoms with E-state index in [1.807, 2.05) is 0 Å². The molecule has 0 amide bonds. The molecule has 2 N–H and O–H groups in total. The van der Waals surface area contributed by atoms with Crippen molar-refractivity contribution in [3.8, 4) is 0 Å². The van der Waals surface area contributed by atoms with Gasteiger partial charge in [-0.2, -0.15) is 13.2 Å². The summed E-state index contributed by atoms with van der Waals surface area (Å²) >= 11 is 0. The van der Waals surface area contributed by atoms with Crippen LogP contribution in [-0.2, 0) is 17.4 Å². The number of halogens is 3. The number of alkyl halides is 3. The van der Waals surface area contributed by atoms with E-state index in [2.05, 4.69) is 0 Å². The first-order valence-electron chi connectivity index (χ1n) is 4.73. The second-order valence-corrected chi connectivity index (χ2v) is 3.62. The van der Waals surface area contributed by atoms with E-state index in [9.17, 15) is 18.0 Å². The number of hydrogen-bond donors (Lipinski definition) is 1. The Morgan fingerprint density at radius 2 is 1.81 bits per heavy atom. The lowest BCUT2D eigenvalue weighted by Crippen LogP contribution is -2.30. The molecule has 1 atom stereocenters. The van der Waals surface area contributed by atoms with E-state index in [4.69, 9.17) is 5.73 Å². The SMILES string of the molecule is CC(=O)[C@H](N)Cc1ccc(C(F)(F)F)cc1. The molecule has 2 nitrogen and oxygen atoms in total. The molecular weight excluding hydrogens is 219 g/mol. The summed E-state index contributed by atoms with van der Waals surface area (Å²) in [5.41, 5.74) is 5.42. The quantitative estimate of drug-likeness (QED) is 0.866. The lowest BCUT2D eigenvalue weighted by atomic mass is 10.0. The summed E-state index contributed by atoms with van der Waals surface area (Å²) in [6.07, 6.45) is -4.07. The second-order valence-electron chi connectivity index (χ2n) is 3.62. The first-order valence-corrected chi connectivity index (χ1v) is 4.73. The minimum atomic E-state index is -4.33. The second kappa shape index (κ2) is 4.65. The average molecular weight is 231 g/mol. The Morgan fingerprint density at radius 3 is 2.19 bits per heavy atom. The Kier molecular flexibility index (Phi) is 3.70. The Bertz CT molecular complexity index is 370. The van der Waals surface area contributed by atoms with E-state index >= 15 is 0 Å². The molecule has 0 aliphatic carbocycles. The lowest BCUT2D eigenvalue weighted by molar-refractivity contribution is -0.137. The number of carbonyl (C=O) groups excluding carboxylic acids is 1. The van der Waals surface area contributed by atoms with E-state index in [0.717, 1.165) is 12.1 Å². The highest BCUT2D eigenvalue weighted by Crippen LogP contribution is 2.29. The molecule has 0 heterocycles. The molecular formula is C11H12F3NO. The van der Waals surface area contributed by atoms with Crippen molar-refractivity contribution >= 4 is 5.78 Å². The summed E-state index contributed by atoms with van der Waals surface area (Å²) in [7, 11) is 0. The molecule has 0 radical (unpaired) electrons. The Labute approximate surface area is 91.3 Å². The first kappa shape index (κ1) is 12.7. The highest BCUT2D eigenvalue weighted by molar-refractivity contribution is 5.81. The molecule has 0 aliphatic heterocycles. The van der Waals surface area contributed by atoms with Gasteiger partial charge >= 0.3 is 6.18 Å². The van der Waals surface area contributed by atoms with Crippen LogP contribution in [0.1, 0.15) is 18.1 Å². The monoisotopic (exact) mass is 231 g/mol. The fraction of sp³-hybridized carbons (Fsp3) is 0.364. The van der Waals surface area contributed by atoms with Crippen molar-refractivity contribution in [2.45, 2.75) is 25.6 Å². The van der Waals surface area contributed by atoms with Gasteiger partial charge in [0.2, 0.25) is 0 Å². The van der Waals surface area contributed by atoms with Gasteiger partial charge in [0.05, 0.1) is 11.6 Å². The number of carbonyl (C=O) groups is 1. The molecule has 1 rings (SSSR count). The number of nitrogens with two attached hydrogens (primary N) is 1. The van der Waals surface area contributed by atoms with Crippen molar-refractivity contribution in [1.29, 1.82) is 0 Å². The van der Waals surface area contributed by atoms with Crippen LogP contribution in [0.2, 0.25) is 0 Å². The van der Waals surface area contributed by atoms with Gasteiger partial charge in [-0.05, 0) is 31.0 Å². The van der Waals surface area contributed by atoms with Gasteiger partial charge in [-0.3, -0.25) is 4.79 Å². The fourth-order valence-electron chi connectivity index (χ4n) is 1.23. The normalized spacial score (nSPS) is 13.6. The van der Waals surface area contributed by atoms with Crippen molar-refractivity contribution in [3.05, 3.63) is 35.4 Å². The zero-order chi connectivity index (χ0) is 12.3. The predicted octanol–water partition coefficient (Wildman–Crippen LogP) is 2.16. The summed E-state index contributed by atoms with van der Waals surface area (Å²) in [6, 6.07) is 4.00. The van der Waals surface area contributed by atoms with E-state index in [1.54, 1.807) is 0 Å². The Balaban J connectivity index is 2.76. The summed E-state index contributed by atoms with van der Waals surface area (Å²) in [5, 5.41) is 0. The van der Waals surface area contributed by atoms with Crippen molar-refractivity contribution in [2.75, 3.05) is 0 Å². The van der Waals surface area contributed by atoms with Gasteiger partial charge in [0.25, 0.3) is 0 Å². The van der Waals surface area contributed by atoms with Gasteiger partial charge in [0.15, 0.2) is 0 Å². The van der Waals surface area contributed by atoms with Crippen LogP contribution in [0.25, 0.3) is 0 Å². The first-order chi connectivity index (χ1) is 7.30. The van der Waals surface area contributed by atoms with Gasteiger partial charge in [0, 0.05) is 0 Å². The largest absolute Gasteiger partial charge is 0.416 e. The topological polar surface area (TPSA) is 43.1 Å². The van der Waals surface area contributed by atoms with E-state index in [0.29, 0.717) is 5.56 Å². The molecule has 0 fully saturated rings.